The van der Waals surface area contributed by atoms with Crippen LogP contribution in [0.5, 0.6) is 0 Å². The van der Waals surface area contributed by atoms with Crippen LogP contribution in [0, 0.1) is 5.41 Å². The first-order chi connectivity index (χ1) is 10.2. The molecule has 1 aliphatic heterocycles. The monoisotopic (exact) mass is 331 g/mol. The van der Waals surface area contributed by atoms with E-state index >= 15 is 0 Å². The Morgan fingerprint density at radius 2 is 2.05 bits per heavy atom. The van der Waals surface area contributed by atoms with Crippen molar-refractivity contribution in [1.29, 1.82) is 0 Å². The highest BCUT2D eigenvalue weighted by atomic mass is 35.5. The quantitative estimate of drug-likeness (QED) is 0.775. The Morgan fingerprint density at radius 3 is 2.76 bits per heavy atom. The number of ether oxygens (including phenoxy) is 2. The molecule has 0 aromatic heterocycles. The van der Waals surface area contributed by atoms with Gasteiger partial charge in [0.1, 0.15) is 0 Å². The summed E-state index contributed by atoms with van der Waals surface area (Å²) in [6.45, 7) is 4.16. The van der Waals surface area contributed by atoms with Gasteiger partial charge in [-0.05, 0) is 48.4 Å². The molecule has 0 bridgehead atoms. The fraction of sp³-hybridized carbons (Fsp3) is 0.625. The number of methoxy groups -OCH3 is 1. The Bertz CT molecular complexity index is 448. The van der Waals surface area contributed by atoms with E-state index in [1.165, 1.54) is 0 Å². The van der Waals surface area contributed by atoms with E-state index in [0.29, 0.717) is 0 Å². The van der Waals surface area contributed by atoms with E-state index in [1.54, 1.807) is 7.11 Å². The zero-order valence-electron chi connectivity index (χ0n) is 12.5. The third-order valence-corrected chi connectivity index (χ3v) is 4.71. The van der Waals surface area contributed by atoms with Gasteiger partial charge in [0.05, 0.1) is 6.61 Å². The van der Waals surface area contributed by atoms with Crippen molar-refractivity contribution in [1.82, 2.24) is 5.32 Å². The standard InChI is InChI=1S/C16H23Cl2NO2/c1-20-9-6-19-12-16(4-7-21-8-5-16)11-13-10-14(17)2-3-15(13)18/h2-3,10,19H,4-9,11-12H2,1H3. The molecule has 1 aromatic carbocycles. The van der Waals surface area contributed by atoms with Crippen LogP contribution >= 0.6 is 23.2 Å². The summed E-state index contributed by atoms with van der Waals surface area (Å²) in [6, 6.07) is 5.70. The minimum atomic E-state index is 0.181. The second-order valence-electron chi connectivity index (χ2n) is 5.69. The van der Waals surface area contributed by atoms with E-state index in [2.05, 4.69) is 5.32 Å². The van der Waals surface area contributed by atoms with E-state index in [9.17, 15) is 0 Å². The molecular formula is C16H23Cl2NO2. The lowest BCUT2D eigenvalue weighted by Gasteiger charge is -2.38. The average Bonchev–Trinajstić information content (AvgIpc) is 2.49. The van der Waals surface area contributed by atoms with Crippen molar-refractivity contribution < 1.29 is 9.47 Å². The van der Waals surface area contributed by atoms with Gasteiger partial charge in [-0.2, -0.15) is 0 Å². The van der Waals surface area contributed by atoms with Gasteiger partial charge in [-0.1, -0.05) is 23.2 Å². The number of rotatable bonds is 7. The van der Waals surface area contributed by atoms with Gasteiger partial charge < -0.3 is 14.8 Å². The molecule has 0 saturated carbocycles. The van der Waals surface area contributed by atoms with Crippen molar-refractivity contribution in [3.63, 3.8) is 0 Å². The maximum atomic E-state index is 6.33. The van der Waals surface area contributed by atoms with E-state index in [-0.39, 0.29) is 5.41 Å². The molecule has 0 radical (unpaired) electrons. The highest BCUT2D eigenvalue weighted by molar-refractivity contribution is 6.33. The van der Waals surface area contributed by atoms with E-state index < -0.39 is 0 Å². The van der Waals surface area contributed by atoms with Crippen LogP contribution in [0.4, 0.5) is 0 Å². The molecule has 1 heterocycles. The molecule has 5 heteroatoms. The normalized spacial score (nSPS) is 17.9. The Kier molecular flexibility index (Phi) is 6.77. The number of hydrogen-bond donors (Lipinski definition) is 1. The summed E-state index contributed by atoms with van der Waals surface area (Å²) in [5.41, 5.74) is 1.31. The molecule has 0 spiro atoms. The number of halogens is 2. The maximum Gasteiger partial charge on any atom is 0.0587 e. The summed E-state index contributed by atoms with van der Waals surface area (Å²) >= 11 is 12.4. The van der Waals surface area contributed by atoms with Crippen molar-refractivity contribution in [2.45, 2.75) is 19.3 Å². The lowest BCUT2D eigenvalue weighted by molar-refractivity contribution is 0.0143. The molecule has 0 aliphatic carbocycles. The fourth-order valence-electron chi connectivity index (χ4n) is 2.83. The molecule has 1 fully saturated rings. The lowest BCUT2D eigenvalue weighted by atomic mass is 9.75. The molecule has 1 saturated heterocycles. The van der Waals surface area contributed by atoms with Crippen LogP contribution in [-0.2, 0) is 15.9 Å². The summed E-state index contributed by atoms with van der Waals surface area (Å²) in [6.07, 6.45) is 3.00. The summed E-state index contributed by atoms with van der Waals surface area (Å²) in [4.78, 5) is 0. The van der Waals surface area contributed by atoms with E-state index in [0.717, 1.165) is 67.8 Å². The number of benzene rings is 1. The van der Waals surface area contributed by atoms with Crippen LogP contribution in [0.15, 0.2) is 18.2 Å². The summed E-state index contributed by atoms with van der Waals surface area (Å²) < 4.78 is 10.6. The van der Waals surface area contributed by atoms with Crippen molar-refractivity contribution in [3.8, 4) is 0 Å². The second-order valence-corrected chi connectivity index (χ2v) is 6.54. The zero-order chi connectivity index (χ0) is 15.1. The van der Waals surface area contributed by atoms with Gasteiger partial charge in [0.25, 0.3) is 0 Å². The van der Waals surface area contributed by atoms with Crippen molar-refractivity contribution in [2.75, 3.05) is 40.0 Å². The van der Waals surface area contributed by atoms with Crippen LogP contribution in [0.2, 0.25) is 10.0 Å². The second kappa shape index (κ2) is 8.35. The third kappa shape index (κ3) is 5.11. The lowest BCUT2D eigenvalue weighted by Crippen LogP contribution is -2.41. The summed E-state index contributed by atoms with van der Waals surface area (Å²) in [7, 11) is 1.72. The molecular weight excluding hydrogens is 309 g/mol. The molecule has 2 rings (SSSR count). The third-order valence-electron chi connectivity index (χ3n) is 4.11. The zero-order valence-corrected chi connectivity index (χ0v) is 14.0. The van der Waals surface area contributed by atoms with Gasteiger partial charge in [0.2, 0.25) is 0 Å². The molecule has 0 amide bonds. The Hall–Kier alpha value is -0.320. The van der Waals surface area contributed by atoms with E-state index in [4.69, 9.17) is 32.7 Å². The first-order valence-electron chi connectivity index (χ1n) is 7.37. The van der Waals surface area contributed by atoms with Crippen molar-refractivity contribution >= 4 is 23.2 Å². The molecule has 118 valence electrons. The average molecular weight is 332 g/mol. The number of nitrogens with one attached hydrogen (secondary N) is 1. The Balaban J connectivity index is 2.06. The van der Waals surface area contributed by atoms with E-state index in [1.807, 2.05) is 18.2 Å². The van der Waals surface area contributed by atoms with Gasteiger partial charge in [-0.25, -0.2) is 0 Å². The molecule has 0 atom stereocenters. The molecule has 1 aromatic rings. The highest BCUT2D eigenvalue weighted by Crippen LogP contribution is 2.36. The minimum Gasteiger partial charge on any atom is -0.383 e. The van der Waals surface area contributed by atoms with Crippen LogP contribution in [-0.4, -0.2) is 40.0 Å². The Morgan fingerprint density at radius 1 is 1.29 bits per heavy atom. The van der Waals surface area contributed by atoms with Crippen LogP contribution < -0.4 is 5.32 Å². The molecule has 1 N–H and O–H groups in total. The SMILES string of the molecule is COCCNCC1(Cc2cc(Cl)ccc2Cl)CCOCC1. The van der Waals surface area contributed by atoms with Gasteiger partial charge in [0.15, 0.2) is 0 Å². The summed E-state index contributed by atoms with van der Waals surface area (Å²) in [5, 5.41) is 5.03. The maximum absolute atomic E-state index is 6.33. The van der Waals surface area contributed by atoms with Crippen LogP contribution in [0.25, 0.3) is 0 Å². The first-order valence-corrected chi connectivity index (χ1v) is 8.12. The van der Waals surface area contributed by atoms with Gasteiger partial charge in [0, 0.05) is 43.5 Å². The first kappa shape index (κ1) is 17.0. The molecule has 3 nitrogen and oxygen atoms in total. The molecule has 1 aliphatic rings. The molecule has 0 unspecified atom stereocenters. The van der Waals surface area contributed by atoms with Crippen molar-refractivity contribution in [3.05, 3.63) is 33.8 Å². The highest BCUT2D eigenvalue weighted by Gasteiger charge is 2.33. The van der Waals surface area contributed by atoms with Crippen LogP contribution in [0.1, 0.15) is 18.4 Å². The smallest absolute Gasteiger partial charge is 0.0587 e. The van der Waals surface area contributed by atoms with Crippen molar-refractivity contribution in [2.24, 2.45) is 5.41 Å². The van der Waals surface area contributed by atoms with Gasteiger partial charge in [-0.3, -0.25) is 0 Å². The summed E-state index contributed by atoms with van der Waals surface area (Å²) in [5.74, 6) is 0. The largest absolute Gasteiger partial charge is 0.383 e. The topological polar surface area (TPSA) is 30.5 Å². The Labute approximate surface area is 136 Å². The predicted octanol–water partition coefficient (Wildman–Crippen LogP) is 3.57. The predicted molar refractivity (Wildman–Crippen MR) is 87.4 cm³/mol. The molecule has 21 heavy (non-hydrogen) atoms. The van der Waals surface area contributed by atoms with Gasteiger partial charge >= 0.3 is 0 Å². The fourth-order valence-corrected chi connectivity index (χ4v) is 3.21. The minimum absolute atomic E-state index is 0.181. The number of hydrogen-bond acceptors (Lipinski definition) is 3. The van der Waals surface area contributed by atoms with Gasteiger partial charge in [-0.15, -0.1) is 0 Å². The van der Waals surface area contributed by atoms with Crippen LogP contribution in [0.3, 0.4) is 0 Å².